The van der Waals surface area contributed by atoms with E-state index in [0.29, 0.717) is 37.2 Å². The Morgan fingerprint density at radius 1 is 1.13 bits per heavy atom. The van der Waals surface area contributed by atoms with Gasteiger partial charge in [0.25, 0.3) is 5.91 Å². The summed E-state index contributed by atoms with van der Waals surface area (Å²) in [6.07, 6.45) is 0.670. The first kappa shape index (κ1) is 21.9. The lowest BCUT2D eigenvalue weighted by molar-refractivity contribution is -0.118. The summed E-state index contributed by atoms with van der Waals surface area (Å²) in [7, 11) is 2.92. The van der Waals surface area contributed by atoms with E-state index in [0.717, 1.165) is 16.1 Å². The monoisotopic (exact) mass is 428 g/mol. The Morgan fingerprint density at radius 2 is 1.93 bits per heavy atom. The molecule has 0 unspecified atom stereocenters. The zero-order valence-corrected chi connectivity index (χ0v) is 17.8. The Hall–Kier alpha value is -2.84. The molecule has 0 saturated carbocycles. The average molecular weight is 429 g/mol. The summed E-state index contributed by atoms with van der Waals surface area (Å²) in [4.78, 5) is 39.5. The second-order valence-corrected chi connectivity index (χ2v) is 7.69. The van der Waals surface area contributed by atoms with Crippen LogP contribution >= 0.6 is 11.8 Å². The van der Waals surface area contributed by atoms with Gasteiger partial charge in [0.1, 0.15) is 0 Å². The number of thioether (sulfide) groups is 1. The van der Waals surface area contributed by atoms with E-state index in [2.05, 4.69) is 5.32 Å². The van der Waals surface area contributed by atoms with Crippen molar-refractivity contribution in [1.29, 1.82) is 0 Å². The van der Waals surface area contributed by atoms with Crippen molar-refractivity contribution in [1.82, 2.24) is 5.32 Å². The molecule has 7 nitrogen and oxygen atoms in total. The number of benzene rings is 2. The summed E-state index contributed by atoms with van der Waals surface area (Å²) in [6, 6.07) is 12.5. The van der Waals surface area contributed by atoms with Gasteiger partial charge in [0.05, 0.1) is 30.6 Å². The summed E-state index contributed by atoms with van der Waals surface area (Å²) >= 11 is 1.33. The Balaban J connectivity index is 1.73. The molecule has 2 amide bonds. The van der Waals surface area contributed by atoms with Gasteiger partial charge in [-0.25, -0.2) is 4.79 Å². The number of amides is 2. The number of esters is 1. The number of hydrogen-bond acceptors (Lipinski definition) is 6. The van der Waals surface area contributed by atoms with Crippen LogP contribution in [0.5, 0.6) is 0 Å². The van der Waals surface area contributed by atoms with Crippen molar-refractivity contribution < 1.29 is 23.9 Å². The number of nitrogens with one attached hydrogen (secondary N) is 1. The lowest BCUT2D eigenvalue weighted by Gasteiger charge is -2.19. The standard InChI is InChI=1S/C22H24N2O5S/c1-28-12-10-23-20(25)14-30-19-6-4-3-5-17(19)21(26)24-11-9-15-13-16(22(27)29-2)7-8-18(15)24/h3-8,13H,9-12,14H2,1-2H3,(H,23,25). The molecular formula is C22H24N2O5S. The fourth-order valence-corrected chi connectivity index (χ4v) is 4.13. The second-order valence-electron chi connectivity index (χ2n) is 6.67. The van der Waals surface area contributed by atoms with E-state index in [1.165, 1.54) is 18.9 Å². The summed E-state index contributed by atoms with van der Waals surface area (Å²) in [6.45, 7) is 1.45. The van der Waals surface area contributed by atoms with Crippen LogP contribution in [-0.4, -0.2) is 57.5 Å². The largest absolute Gasteiger partial charge is 0.465 e. The normalized spacial score (nSPS) is 12.4. The number of rotatable bonds is 8. The fraction of sp³-hybridized carbons (Fsp3) is 0.318. The molecule has 0 aliphatic carbocycles. The van der Waals surface area contributed by atoms with Crippen molar-refractivity contribution in [3.8, 4) is 0 Å². The van der Waals surface area contributed by atoms with Crippen LogP contribution in [-0.2, 0) is 20.7 Å². The highest BCUT2D eigenvalue weighted by Gasteiger charge is 2.28. The third-order valence-electron chi connectivity index (χ3n) is 4.75. The van der Waals surface area contributed by atoms with Crippen LogP contribution in [0.25, 0.3) is 0 Å². The van der Waals surface area contributed by atoms with Crippen molar-refractivity contribution in [2.75, 3.05) is 44.6 Å². The van der Waals surface area contributed by atoms with E-state index in [1.54, 1.807) is 36.3 Å². The number of fused-ring (bicyclic) bond motifs is 1. The Labute approximate surface area is 179 Å². The molecule has 1 heterocycles. The average Bonchev–Trinajstić information content (AvgIpc) is 3.20. The Kier molecular flexibility index (Phi) is 7.48. The maximum atomic E-state index is 13.3. The minimum absolute atomic E-state index is 0.110. The van der Waals surface area contributed by atoms with Crippen molar-refractivity contribution >= 4 is 35.2 Å². The molecule has 2 aromatic rings. The van der Waals surface area contributed by atoms with E-state index in [9.17, 15) is 14.4 Å². The molecule has 0 atom stereocenters. The fourth-order valence-electron chi connectivity index (χ4n) is 3.26. The second kappa shape index (κ2) is 10.3. The highest BCUT2D eigenvalue weighted by molar-refractivity contribution is 8.00. The first-order valence-corrected chi connectivity index (χ1v) is 10.5. The lowest BCUT2D eigenvalue weighted by Crippen LogP contribution is -2.30. The van der Waals surface area contributed by atoms with Gasteiger partial charge in [-0.1, -0.05) is 12.1 Å². The molecule has 8 heteroatoms. The van der Waals surface area contributed by atoms with E-state index >= 15 is 0 Å². The molecule has 0 bridgehead atoms. The van der Waals surface area contributed by atoms with Crippen molar-refractivity contribution in [2.45, 2.75) is 11.3 Å². The van der Waals surface area contributed by atoms with Crippen molar-refractivity contribution in [3.63, 3.8) is 0 Å². The molecule has 0 saturated heterocycles. The number of carbonyl (C=O) groups is 3. The quantitative estimate of drug-likeness (QED) is 0.395. The van der Waals surface area contributed by atoms with Gasteiger partial charge in [-0.15, -0.1) is 11.8 Å². The highest BCUT2D eigenvalue weighted by Crippen LogP contribution is 2.32. The van der Waals surface area contributed by atoms with Gasteiger partial charge < -0.3 is 19.7 Å². The zero-order valence-electron chi connectivity index (χ0n) is 17.0. The number of ether oxygens (including phenoxy) is 2. The molecule has 0 spiro atoms. The summed E-state index contributed by atoms with van der Waals surface area (Å²) in [5.74, 6) is -0.413. The summed E-state index contributed by atoms with van der Waals surface area (Å²) in [5.41, 5.74) is 2.76. The van der Waals surface area contributed by atoms with Crippen molar-refractivity contribution in [3.05, 3.63) is 59.2 Å². The topological polar surface area (TPSA) is 84.9 Å². The van der Waals surface area contributed by atoms with E-state index in [1.807, 2.05) is 18.2 Å². The van der Waals surface area contributed by atoms with E-state index < -0.39 is 5.97 Å². The smallest absolute Gasteiger partial charge is 0.337 e. The van der Waals surface area contributed by atoms with Crippen LogP contribution in [0, 0.1) is 0 Å². The molecule has 1 N–H and O–H groups in total. The maximum absolute atomic E-state index is 13.3. The van der Waals surface area contributed by atoms with Crippen LogP contribution < -0.4 is 10.2 Å². The predicted molar refractivity (Wildman–Crippen MR) is 115 cm³/mol. The van der Waals surface area contributed by atoms with Gasteiger partial charge in [0.2, 0.25) is 5.91 Å². The Morgan fingerprint density at radius 3 is 2.70 bits per heavy atom. The number of nitrogens with zero attached hydrogens (tertiary/aromatic N) is 1. The molecular weight excluding hydrogens is 404 g/mol. The molecule has 3 rings (SSSR count). The van der Waals surface area contributed by atoms with Crippen molar-refractivity contribution in [2.24, 2.45) is 0 Å². The minimum Gasteiger partial charge on any atom is -0.465 e. The molecule has 0 aromatic heterocycles. The third-order valence-corrected chi connectivity index (χ3v) is 5.82. The van der Waals surface area contributed by atoms with Crippen LogP contribution in [0.3, 0.4) is 0 Å². The number of hydrogen-bond donors (Lipinski definition) is 1. The third kappa shape index (κ3) is 5.01. The minimum atomic E-state index is -0.395. The van der Waals surface area contributed by atoms with Gasteiger partial charge in [-0.05, 0) is 42.3 Å². The molecule has 0 radical (unpaired) electrons. The van der Waals surface area contributed by atoms with Crippen LogP contribution in [0.1, 0.15) is 26.3 Å². The summed E-state index contributed by atoms with van der Waals surface area (Å²) in [5, 5.41) is 2.77. The van der Waals surface area contributed by atoms with Gasteiger partial charge in [-0.2, -0.15) is 0 Å². The van der Waals surface area contributed by atoms with Gasteiger partial charge >= 0.3 is 5.97 Å². The van der Waals surface area contributed by atoms with E-state index in [4.69, 9.17) is 9.47 Å². The number of carbonyl (C=O) groups excluding carboxylic acids is 3. The number of methoxy groups -OCH3 is 2. The Bertz CT molecular complexity index is 947. The van der Waals surface area contributed by atoms with E-state index in [-0.39, 0.29) is 17.6 Å². The first-order chi connectivity index (χ1) is 14.5. The predicted octanol–water partition coefficient (Wildman–Crippen LogP) is 2.53. The highest BCUT2D eigenvalue weighted by atomic mass is 32.2. The van der Waals surface area contributed by atoms with Gasteiger partial charge in [0.15, 0.2) is 0 Å². The first-order valence-electron chi connectivity index (χ1n) is 9.55. The molecule has 1 aliphatic rings. The van der Waals surface area contributed by atoms with Gasteiger partial charge in [0, 0.05) is 30.8 Å². The molecule has 158 valence electrons. The molecule has 0 fully saturated rings. The van der Waals surface area contributed by atoms with Crippen LogP contribution in [0.15, 0.2) is 47.4 Å². The maximum Gasteiger partial charge on any atom is 0.337 e. The molecule has 30 heavy (non-hydrogen) atoms. The van der Waals surface area contributed by atoms with Crippen LogP contribution in [0.4, 0.5) is 5.69 Å². The molecule has 1 aliphatic heterocycles. The van der Waals surface area contributed by atoms with Gasteiger partial charge in [-0.3, -0.25) is 9.59 Å². The molecule has 2 aromatic carbocycles. The number of anilines is 1. The zero-order chi connectivity index (χ0) is 21.5. The SMILES string of the molecule is COCCNC(=O)CSc1ccccc1C(=O)N1CCc2cc(C(=O)OC)ccc21. The van der Waals surface area contributed by atoms with Crippen LogP contribution in [0.2, 0.25) is 0 Å². The lowest BCUT2D eigenvalue weighted by atomic mass is 10.1. The summed E-state index contributed by atoms with van der Waals surface area (Å²) < 4.78 is 9.69.